The molecule has 166 valence electrons. The summed E-state index contributed by atoms with van der Waals surface area (Å²) in [7, 11) is 0. The van der Waals surface area contributed by atoms with Crippen molar-refractivity contribution in [2.24, 2.45) is 10.9 Å². The van der Waals surface area contributed by atoms with Crippen LogP contribution >= 0.6 is 0 Å². The van der Waals surface area contributed by atoms with E-state index in [2.05, 4.69) is 18.8 Å². The number of aliphatic imine (C=N–C) groups is 1. The van der Waals surface area contributed by atoms with Crippen molar-refractivity contribution >= 4 is 6.08 Å². The third-order valence-electron chi connectivity index (χ3n) is 5.87. The Morgan fingerprint density at radius 2 is 0.786 bits per heavy atom. The standard InChI is InChI=1S/C26H51NO/c1-26(2)23-21-19-17-15-13-11-9-7-5-3-4-6-8-10-12-14-16-18-20-22-24-27-25-28/h26H,3-24H2,1-2H3. The van der Waals surface area contributed by atoms with Gasteiger partial charge in [0.1, 0.15) is 0 Å². The Labute approximate surface area is 177 Å². The Hall–Kier alpha value is -0.620. The van der Waals surface area contributed by atoms with Crippen molar-refractivity contribution in [3.05, 3.63) is 0 Å². The molecule has 0 aromatic carbocycles. The van der Waals surface area contributed by atoms with Gasteiger partial charge in [-0.05, 0) is 12.3 Å². The van der Waals surface area contributed by atoms with Crippen LogP contribution in [-0.2, 0) is 4.79 Å². The zero-order valence-corrected chi connectivity index (χ0v) is 19.5. The molecule has 0 unspecified atom stereocenters. The molecule has 0 N–H and O–H groups in total. The van der Waals surface area contributed by atoms with Crippen molar-refractivity contribution in [2.75, 3.05) is 6.54 Å². The largest absolute Gasteiger partial charge is 0.234 e. The van der Waals surface area contributed by atoms with Crippen LogP contribution in [-0.4, -0.2) is 12.6 Å². The molecule has 0 rings (SSSR count). The van der Waals surface area contributed by atoms with E-state index in [0.29, 0.717) is 6.54 Å². The lowest BCUT2D eigenvalue weighted by molar-refractivity contribution is 0.501. The van der Waals surface area contributed by atoms with Crippen LogP contribution in [0.1, 0.15) is 149 Å². The summed E-state index contributed by atoms with van der Waals surface area (Å²) in [5.74, 6) is 0.886. The van der Waals surface area contributed by atoms with Crippen molar-refractivity contribution in [3.63, 3.8) is 0 Å². The van der Waals surface area contributed by atoms with Gasteiger partial charge < -0.3 is 0 Å². The lowest BCUT2D eigenvalue weighted by Crippen LogP contribution is -1.87. The molecule has 0 saturated carbocycles. The minimum Gasteiger partial charge on any atom is -0.211 e. The highest BCUT2D eigenvalue weighted by Gasteiger charge is 1.96. The first-order valence-corrected chi connectivity index (χ1v) is 12.8. The number of hydrogen-bond acceptors (Lipinski definition) is 2. The van der Waals surface area contributed by atoms with Crippen LogP contribution in [0, 0.1) is 5.92 Å². The van der Waals surface area contributed by atoms with Crippen molar-refractivity contribution in [2.45, 2.75) is 149 Å². The maximum Gasteiger partial charge on any atom is 0.234 e. The summed E-state index contributed by atoms with van der Waals surface area (Å²) < 4.78 is 0. The molecule has 28 heavy (non-hydrogen) atoms. The number of carbonyl (C=O) groups excluding carboxylic acids is 1. The summed E-state index contributed by atoms with van der Waals surface area (Å²) in [5, 5.41) is 0. The monoisotopic (exact) mass is 393 g/mol. The molecular formula is C26H51NO. The van der Waals surface area contributed by atoms with Crippen LogP contribution in [0.15, 0.2) is 4.99 Å². The van der Waals surface area contributed by atoms with E-state index in [0.717, 1.165) is 12.3 Å². The van der Waals surface area contributed by atoms with Gasteiger partial charge in [-0.2, -0.15) is 0 Å². The summed E-state index contributed by atoms with van der Waals surface area (Å²) in [5.41, 5.74) is 0. The normalized spacial score (nSPS) is 11.1. The van der Waals surface area contributed by atoms with E-state index in [1.54, 1.807) is 6.08 Å². The van der Waals surface area contributed by atoms with Crippen LogP contribution in [0.25, 0.3) is 0 Å². The number of unbranched alkanes of at least 4 members (excludes halogenated alkanes) is 19. The minimum atomic E-state index is 0.669. The molecule has 0 aliphatic carbocycles. The van der Waals surface area contributed by atoms with Gasteiger partial charge in [0, 0.05) is 0 Å². The van der Waals surface area contributed by atoms with Crippen LogP contribution in [0.4, 0.5) is 0 Å². The first kappa shape index (κ1) is 27.4. The SMILES string of the molecule is CC(C)CCCCCCCCCCCCCCCCCCCCCCN=C=O. The maximum absolute atomic E-state index is 9.94. The van der Waals surface area contributed by atoms with E-state index in [-0.39, 0.29) is 0 Å². The molecule has 0 heterocycles. The molecular weight excluding hydrogens is 342 g/mol. The Balaban J connectivity index is 3.00. The molecule has 0 aliphatic rings. The predicted molar refractivity (Wildman–Crippen MR) is 125 cm³/mol. The summed E-state index contributed by atoms with van der Waals surface area (Å²) in [6, 6.07) is 0. The van der Waals surface area contributed by atoms with Crippen LogP contribution < -0.4 is 0 Å². The molecule has 0 spiro atoms. The van der Waals surface area contributed by atoms with Crippen LogP contribution in [0.5, 0.6) is 0 Å². The molecule has 0 aromatic rings. The topological polar surface area (TPSA) is 29.4 Å². The average Bonchev–Trinajstić information content (AvgIpc) is 2.68. The Morgan fingerprint density at radius 1 is 0.500 bits per heavy atom. The minimum absolute atomic E-state index is 0.669. The molecule has 0 atom stereocenters. The molecule has 0 radical (unpaired) electrons. The summed E-state index contributed by atoms with van der Waals surface area (Å²) in [6.07, 6.45) is 31.1. The lowest BCUT2D eigenvalue weighted by Gasteiger charge is -2.05. The molecule has 0 bridgehead atoms. The fraction of sp³-hybridized carbons (Fsp3) is 0.962. The van der Waals surface area contributed by atoms with E-state index in [1.165, 1.54) is 128 Å². The van der Waals surface area contributed by atoms with E-state index >= 15 is 0 Å². The highest BCUT2D eigenvalue weighted by atomic mass is 16.1. The summed E-state index contributed by atoms with van der Waals surface area (Å²) >= 11 is 0. The van der Waals surface area contributed by atoms with E-state index in [1.807, 2.05) is 0 Å². The molecule has 0 saturated heterocycles. The summed E-state index contributed by atoms with van der Waals surface area (Å²) in [4.78, 5) is 13.5. The molecule has 0 amide bonds. The molecule has 0 aliphatic heterocycles. The molecule has 2 nitrogen and oxygen atoms in total. The van der Waals surface area contributed by atoms with Crippen LogP contribution in [0.3, 0.4) is 0 Å². The van der Waals surface area contributed by atoms with Gasteiger partial charge in [-0.3, -0.25) is 0 Å². The lowest BCUT2D eigenvalue weighted by atomic mass is 10.0. The van der Waals surface area contributed by atoms with Crippen LogP contribution in [0.2, 0.25) is 0 Å². The second-order valence-corrected chi connectivity index (χ2v) is 9.23. The Morgan fingerprint density at radius 3 is 1.07 bits per heavy atom. The third kappa shape index (κ3) is 25.4. The second kappa shape index (κ2) is 24.4. The first-order chi connectivity index (χ1) is 13.8. The predicted octanol–water partition coefficient (Wildman–Crippen LogP) is 9.17. The highest BCUT2D eigenvalue weighted by molar-refractivity contribution is 5.32. The molecule has 0 aromatic heterocycles. The third-order valence-corrected chi connectivity index (χ3v) is 5.87. The van der Waals surface area contributed by atoms with Gasteiger partial charge in [-0.25, -0.2) is 9.79 Å². The van der Waals surface area contributed by atoms with Gasteiger partial charge in [-0.15, -0.1) is 0 Å². The van der Waals surface area contributed by atoms with Crippen molar-refractivity contribution in [1.29, 1.82) is 0 Å². The number of hydrogen-bond donors (Lipinski definition) is 0. The Bertz CT molecular complexity index is 333. The number of rotatable bonds is 23. The maximum atomic E-state index is 9.94. The van der Waals surface area contributed by atoms with Gasteiger partial charge in [0.15, 0.2) is 0 Å². The van der Waals surface area contributed by atoms with Gasteiger partial charge in [0.25, 0.3) is 0 Å². The zero-order valence-electron chi connectivity index (χ0n) is 19.5. The first-order valence-electron chi connectivity index (χ1n) is 12.8. The smallest absolute Gasteiger partial charge is 0.211 e. The van der Waals surface area contributed by atoms with E-state index in [9.17, 15) is 4.79 Å². The van der Waals surface area contributed by atoms with Crippen molar-refractivity contribution in [3.8, 4) is 0 Å². The van der Waals surface area contributed by atoms with E-state index in [4.69, 9.17) is 0 Å². The van der Waals surface area contributed by atoms with Gasteiger partial charge >= 0.3 is 0 Å². The van der Waals surface area contributed by atoms with Crippen molar-refractivity contribution in [1.82, 2.24) is 0 Å². The molecule has 2 heteroatoms. The highest BCUT2D eigenvalue weighted by Crippen LogP contribution is 2.15. The average molecular weight is 394 g/mol. The fourth-order valence-corrected chi connectivity index (χ4v) is 3.97. The van der Waals surface area contributed by atoms with Crippen molar-refractivity contribution < 1.29 is 4.79 Å². The fourth-order valence-electron chi connectivity index (χ4n) is 3.97. The van der Waals surface area contributed by atoms with Gasteiger partial charge in [-0.1, -0.05) is 142 Å². The quantitative estimate of drug-likeness (QED) is 0.0966. The number of isocyanates is 1. The van der Waals surface area contributed by atoms with E-state index < -0.39 is 0 Å². The summed E-state index contributed by atoms with van der Waals surface area (Å²) in [6.45, 7) is 5.34. The Kier molecular flexibility index (Phi) is 23.9. The van der Waals surface area contributed by atoms with Gasteiger partial charge in [0.2, 0.25) is 6.08 Å². The molecule has 0 fully saturated rings. The zero-order chi connectivity index (χ0) is 20.5. The van der Waals surface area contributed by atoms with Gasteiger partial charge in [0.05, 0.1) is 6.54 Å². The second-order valence-electron chi connectivity index (χ2n) is 9.23. The number of nitrogens with zero attached hydrogens (tertiary/aromatic N) is 1.